The first-order valence-corrected chi connectivity index (χ1v) is 6.58. The maximum Gasteiger partial charge on any atom is 0.0299 e. The van der Waals surface area contributed by atoms with Gasteiger partial charge in [-0.1, -0.05) is 0 Å². The van der Waals surface area contributed by atoms with E-state index in [1.165, 1.54) is 50.2 Å². The molecule has 0 aromatic heterocycles. The molecule has 0 bridgehead atoms. The zero-order valence-corrected chi connectivity index (χ0v) is 10.8. The molecule has 2 aliphatic rings. The molecule has 3 nitrogen and oxygen atoms in total. The monoisotopic (exact) mass is 223 g/mol. The minimum atomic E-state index is 0.610. The summed E-state index contributed by atoms with van der Waals surface area (Å²) < 4.78 is 0. The smallest absolute Gasteiger partial charge is 0.0299 e. The van der Waals surface area contributed by atoms with Gasteiger partial charge in [0, 0.05) is 31.4 Å². The molecule has 16 heavy (non-hydrogen) atoms. The van der Waals surface area contributed by atoms with Crippen molar-refractivity contribution >= 4 is 0 Å². The normalized spacial score (nSPS) is 29.6. The van der Waals surface area contributed by atoms with E-state index in [2.05, 4.69) is 29.4 Å². The maximum atomic E-state index is 3.45. The van der Waals surface area contributed by atoms with E-state index in [4.69, 9.17) is 0 Å². The van der Waals surface area contributed by atoms with Crippen LogP contribution in [0.1, 0.15) is 33.1 Å². The fraction of sp³-hybridized carbons (Fsp3) is 0.846. The van der Waals surface area contributed by atoms with Crippen molar-refractivity contribution < 1.29 is 0 Å². The van der Waals surface area contributed by atoms with Gasteiger partial charge in [0.1, 0.15) is 0 Å². The minimum absolute atomic E-state index is 0.610. The lowest BCUT2D eigenvalue weighted by atomic mass is 9.94. The van der Waals surface area contributed by atoms with E-state index in [0.717, 1.165) is 6.04 Å². The van der Waals surface area contributed by atoms with E-state index in [1.54, 1.807) is 0 Å². The maximum absolute atomic E-state index is 3.45. The highest BCUT2D eigenvalue weighted by Crippen LogP contribution is 2.26. The molecule has 2 heterocycles. The third-order valence-electron chi connectivity index (χ3n) is 4.30. The van der Waals surface area contributed by atoms with Gasteiger partial charge in [0.25, 0.3) is 0 Å². The number of nitrogens with zero attached hydrogens (tertiary/aromatic N) is 1. The van der Waals surface area contributed by atoms with E-state index in [-0.39, 0.29) is 0 Å². The lowest BCUT2D eigenvalue weighted by Gasteiger charge is -2.42. The van der Waals surface area contributed by atoms with Gasteiger partial charge in [-0.2, -0.15) is 0 Å². The molecule has 1 atom stereocenters. The molecular formula is C13H25N3. The molecule has 2 rings (SSSR count). The Bertz CT molecular complexity index is 266. The molecule has 0 radical (unpaired) electrons. The molecule has 0 aliphatic carbocycles. The van der Waals surface area contributed by atoms with Crippen molar-refractivity contribution in [3.05, 3.63) is 11.3 Å². The summed E-state index contributed by atoms with van der Waals surface area (Å²) in [7, 11) is 2.05. The first-order chi connectivity index (χ1) is 7.74. The fourth-order valence-corrected chi connectivity index (χ4v) is 3.09. The Hall–Kier alpha value is -0.540. The van der Waals surface area contributed by atoms with E-state index in [0.29, 0.717) is 6.04 Å². The van der Waals surface area contributed by atoms with Crippen molar-refractivity contribution in [3.63, 3.8) is 0 Å². The Morgan fingerprint density at radius 1 is 1.31 bits per heavy atom. The summed E-state index contributed by atoms with van der Waals surface area (Å²) >= 11 is 0. The molecule has 0 spiro atoms. The topological polar surface area (TPSA) is 27.3 Å². The van der Waals surface area contributed by atoms with Crippen LogP contribution in [0.4, 0.5) is 0 Å². The highest BCUT2D eigenvalue weighted by molar-refractivity contribution is 5.19. The van der Waals surface area contributed by atoms with Gasteiger partial charge in [0.15, 0.2) is 0 Å². The van der Waals surface area contributed by atoms with Gasteiger partial charge in [0.2, 0.25) is 0 Å². The second-order valence-corrected chi connectivity index (χ2v) is 5.06. The number of hydrogen-bond acceptors (Lipinski definition) is 3. The Kier molecular flexibility index (Phi) is 3.87. The van der Waals surface area contributed by atoms with Crippen molar-refractivity contribution in [2.75, 3.05) is 26.7 Å². The summed E-state index contributed by atoms with van der Waals surface area (Å²) in [4.78, 5) is 2.71. The standard InChI is InChI=1S/C13H25N3/c1-10-11(2)16(9-6-13(10)14-3)12-4-7-15-8-5-12/h11-12,14-15H,4-9H2,1-3H3/t11-/m1/s1. The first-order valence-electron chi connectivity index (χ1n) is 6.58. The lowest BCUT2D eigenvalue weighted by molar-refractivity contribution is 0.124. The Balaban J connectivity index is 2.05. The molecule has 0 aromatic rings. The Morgan fingerprint density at radius 2 is 2.00 bits per heavy atom. The average Bonchev–Trinajstić information content (AvgIpc) is 2.34. The third kappa shape index (κ3) is 2.25. The molecule has 0 unspecified atom stereocenters. The third-order valence-corrected chi connectivity index (χ3v) is 4.30. The zero-order valence-electron chi connectivity index (χ0n) is 10.8. The van der Waals surface area contributed by atoms with E-state index in [9.17, 15) is 0 Å². The van der Waals surface area contributed by atoms with Crippen LogP contribution in [-0.4, -0.2) is 43.7 Å². The van der Waals surface area contributed by atoms with Gasteiger partial charge in [-0.3, -0.25) is 4.90 Å². The van der Waals surface area contributed by atoms with Crippen LogP contribution in [0.5, 0.6) is 0 Å². The predicted octanol–water partition coefficient (Wildman–Crippen LogP) is 1.33. The highest BCUT2D eigenvalue weighted by atomic mass is 15.2. The van der Waals surface area contributed by atoms with Gasteiger partial charge in [-0.15, -0.1) is 0 Å². The van der Waals surface area contributed by atoms with Gasteiger partial charge < -0.3 is 10.6 Å². The molecule has 0 aromatic carbocycles. The summed E-state index contributed by atoms with van der Waals surface area (Å²) in [5.74, 6) is 0. The second kappa shape index (κ2) is 5.19. The SMILES string of the molecule is CNC1=C(C)[C@@H](C)N(C2CCNCC2)CC1. The van der Waals surface area contributed by atoms with Gasteiger partial charge in [0.05, 0.1) is 0 Å². The fourth-order valence-electron chi connectivity index (χ4n) is 3.09. The van der Waals surface area contributed by atoms with Crippen LogP contribution >= 0.6 is 0 Å². The predicted molar refractivity (Wildman–Crippen MR) is 68.4 cm³/mol. The van der Waals surface area contributed by atoms with Gasteiger partial charge in [-0.05, 0) is 51.8 Å². The number of nitrogens with one attached hydrogen (secondary N) is 2. The molecule has 2 aliphatic heterocycles. The summed E-state index contributed by atoms with van der Waals surface area (Å²) in [5.41, 5.74) is 2.99. The molecular weight excluding hydrogens is 198 g/mol. The molecule has 2 N–H and O–H groups in total. The average molecular weight is 223 g/mol. The highest BCUT2D eigenvalue weighted by Gasteiger charge is 2.29. The van der Waals surface area contributed by atoms with Crippen molar-refractivity contribution in [2.45, 2.75) is 45.2 Å². The van der Waals surface area contributed by atoms with Crippen LogP contribution in [0.2, 0.25) is 0 Å². The van der Waals surface area contributed by atoms with Crippen LogP contribution in [0.25, 0.3) is 0 Å². The number of hydrogen-bond donors (Lipinski definition) is 2. The molecule has 1 saturated heterocycles. The second-order valence-electron chi connectivity index (χ2n) is 5.06. The van der Waals surface area contributed by atoms with Crippen molar-refractivity contribution in [1.29, 1.82) is 0 Å². The zero-order chi connectivity index (χ0) is 11.5. The van der Waals surface area contributed by atoms with Crippen molar-refractivity contribution in [3.8, 4) is 0 Å². The summed E-state index contributed by atoms with van der Waals surface area (Å²) in [6.07, 6.45) is 3.82. The summed E-state index contributed by atoms with van der Waals surface area (Å²) in [6.45, 7) is 8.24. The van der Waals surface area contributed by atoms with Crippen LogP contribution in [0, 0.1) is 0 Å². The molecule has 3 heteroatoms. The van der Waals surface area contributed by atoms with E-state index < -0.39 is 0 Å². The van der Waals surface area contributed by atoms with Gasteiger partial charge in [-0.25, -0.2) is 0 Å². The van der Waals surface area contributed by atoms with E-state index in [1.807, 2.05) is 7.05 Å². The van der Waals surface area contributed by atoms with Crippen molar-refractivity contribution in [2.24, 2.45) is 0 Å². The minimum Gasteiger partial charge on any atom is -0.391 e. The summed E-state index contributed by atoms with van der Waals surface area (Å²) in [5, 5.41) is 6.80. The summed E-state index contributed by atoms with van der Waals surface area (Å²) in [6, 6.07) is 1.41. The van der Waals surface area contributed by atoms with Crippen LogP contribution < -0.4 is 10.6 Å². The Labute approximate surface area is 99.3 Å². The largest absolute Gasteiger partial charge is 0.391 e. The molecule has 0 saturated carbocycles. The van der Waals surface area contributed by atoms with E-state index >= 15 is 0 Å². The number of rotatable bonds is 2. The van der Waals surface area contributed by atoms with Crippen LogP contribution in [-0.2, 0) is 0 Å². The quantitative estimate of drug-likeness (QED) is 0.739. The number of piperidine rings is 1. The van der Waals surface area contributed by atoms with Crippen LogP contribution in [0.15, 0.2) is 11.3 Å². The molecule has 92 valence electrons. The van der Waals surface area contributed by atoms with Crippen LogP contribution in [0.3, 0.4) is 0 Å². The lowest BCUT2D eigenvalue weighted by Crippen LogP contribution is -2.50. The molecule has 0 amide bonds. The molecule has 1 fully saturated rings. The van der Waals surface area contributed by atoms with Crippen molar-refractivity contribution in [1.82, 2.24) is 15.5 Å². The van der Waals surface area contributed by atoms with Gasteiger partial charge >= 0.3 is 0 Å². The Morgan fingerprint density at radius 3 is 2.62 bits per heavy atom. The first kappa shape index (κ1) is 11.9.